The van der Waals surface area contributed by atoms with Crippen molar-refractivity contribution in [2.75, 3.05) is 27.7 Å². The maximum atomic E-state index is 11.1. The Balaban J connectivity index is 0. The molecule has 0 heterocycles. The third-order valence-electron chi connectivity index (χ3n) is 1.18. The summed E-state index contributed by atoms with van der Waals surface area (Å²) in [7, 11) is 5.97. The van der Waals surface area contributed by atoms with Gasteiger partial charge in [0.1, 0.15) is 6.20 Å². The smallest absolute Gasteiger partial charge is 0.339 e. The highest BCUT2D eigenvalue weighted by atomic mass is 35.5. The van der Waals surface area contributed by atoms with Gasteiger partial charge in [-0.05, 0) is 13.8 Å². The van der Waals surface area contributed by atoms with Gasteiger partial charge >= 0.3 is 5.97 Å². The lowest BCUT2D eigenvalue weighted by Gasteiger charge is -2.18. The lowest BCUT2D eigenvalue weighted by molar-refractivity contribution is -0.817. The van der Waals surface area contributed by atoms with Crippen LogP contribution in [-0.4, -0.2) is 38.2 Å². The normalized spacial score (nSPS) is 11.9. The van der Waals surface area contributed by atoms with Crippen molar-refractivity contribution in [2.24, 2.45) is 0 Å². The summed E-state index contributed by atoms with van der Waals surface area (Å²) < 4.78 is 5.46. The maximum absolute atomic E-state index is 11.1. The molecule has 0 bridgehead atoms. The van der Waals surface area contributed by atoms with Crippen LogP contribution in [0.4, 0.5) is 0 Å². The van der Waals surface area contributed by atoms with Crippen LogP contribution in [-0.2, 0) is 9.53 Å². The Kier molecular flexibility index (Phi) is 6.90. The molecule has 0 saturated heterocycles. The van der Waals surface area contributed by atoms with Gasteiger partial charge in [-0.25, -0.2) is 4.79 Å². The van der Waals surface area contributed by atoms with Crippen LogP contribution in [0.15, 0.2) is 11.8 Å². The standard InChI is InChI=1S/C9H18NO2.ClH/c1-6-12-9(11)8(2)7-10(3,4)5;/h7H,6H2,1-5H3;1H/q+1;/p-1. The van der Waals surface area contributed by atoms with Crippen molar-refractivity contribution >= 4 is 5.97 Å². The number of ether oxygens (including phenoxy) is 1. The van der Waals surface area contributed by atoms with E-state index in [0.29, 0.717) is 16.7 Å². The highest BCUT2D eigenvalue weighted by Crippen LogP contribution is 2.01. The maximum Gasteiger partial charge on any atom is 0.339 e. The number of hydrogen-bond donors (Lipinski definition) is 0. The molecule has 0 aliphatic heterocycles. The van der Waals surface area contributed by atoms with Gasteiger partial charge in [-0.3, -0.25) is 0 Å². The van der Waals surface area contributed by atoms with E-state index in [1.54, 1.807) is 13.8 Å². The van der Waals surface area contributed by atoms with Crippen LogP contribution in [0.1, 0.15) is 13.8 Å². The number of nitrogens with zero attached hydrogens (tertiary/aromatic N) is 1. The Morgan fingerprint density at radius 2 is 1.85 bits per heavy atom. The Labute approximate surface area is 86.4 Å². The minimum Gasteiger partial charge on any atom is -1.00 e. The number of esters is 1. The van der Waals surface area contributed by atoms with E-state index in [0.717, 1.165) is 0 Å². The lowest BCUT2D eigenvalue weighted by Crippen LogP contribution is -3.00. The third kappa shape index (κ3) is 7.81. The van der Waals surface area contributed by atoms with Crippen molar-refractivity contribution in [3.8, 4) is 0 Å². The van der Waals surface area contributed by atoms with E-state index < -0.39 is 0 Å². The summed E-state index contributed by atoms with van der Waals surface area (Å²) in [6.07, 6.45) is 1.86. The van der Waals surface area contributed by atoms with Crippen LogP contribution >= 0.6 is 0 Å². The molecule has 0 N–H and O–H groups in total. The molecular formula is C9H18ClNO2. The number of carbonyl (C=O) groups excluding carboxylic acids is 1. The van der Waals surface area contributed by atoms with E-state index in [2.05, 4.69) is 0 Å². The van der Waals surface area contributed by atoms with Crippen molar-refractivity contribution in [1.82, 2.24) is 0 Å². The van der Waals surface area contributed by atoms with E-state index in [-0.39, 0.29) is 18.4 Å². The SMILES string of the molecule is CCOC(=O)C(C)=C[N+](C)(C)C.[Cl-]. The van der Waals surface area contributed by atoms with Crippen LogP contribution < -0.4 is 12.4 Å². The number of halogens is 1. The van der Waals surface area contributed by atoms with E-state index in [1.807, 2.05) is 27.3 Å². The molecule has 0 radical (unpaired) electrons. The van der Waals surface area contributed by atoms with Crippen molar-refractivity contribution in [1.29, 1.82) is 0 Å². The van der Waals surface area contributed by atoms with Crippen molar-refractivity contribution in [3.63, 3.8) is 0 Å². The second-order valence-corrected chi connectivity index (χ2v) is 3.65. The minimum atomic E-state index is -0.231. The summed E-state index contributed by atoms with van der Waals surface area (Å²) in [4.78, 5) is 11.1. The second kappa shape index (κ2) is 6.00. The predicted octanol–water partition coefficient (Wildman–Crippen LogP) is -1.84. The van der Waals surface area contributed by atoms with Gasteiger partial charge in [0.25, 0.3) is 0 Å². The van der Waals surface area contributed by atoms with Gasteiger partial charge in [0.15, 0.2) is 0 Å². The van der Waals surface area contributed by atoms with Gasteiger partial charge in [-0.15, -0.1) is 0 Å². The third-order valence-corrected chi connectivity index (χ3v) is 1.18. The Morgan fingerprint density at radius 3 is 2.15 bits per heavy atom. The molecule has 0 aromatic heterocycles. The van der Waals surface area contributed by atoms with Crippen LogP contribution in [0.25, 0.3) is 0 Å². The molecule has 0 spiro atoms. The van der Waals surface area contributed by atoms with Gasteiger partial charge in [-0.1, -0.05) is 0 Å². The summed E-state index contributed by atoms with van der Waals surface area (Å²) in [5.74, 6) is -0.231. The molecule has 0 unspecified atom stereocenters. The summed E-state index contributed by atoms with van der Waals surface area (Å²) in [5, 5.41) is 0. The second-order valence-electron chi connectivity index (χ2n) is 3.65. The topological polar surface area (TPSA) is 26.3 Å². The molecule has 4 heteroatoms. The largest absolute Gasteiger partial charge is 1.00 e. The summed E-state index contributed by atoms with van der Waals surface area (Å²) >= 11 is 0. The molecule has 0 atom stereocenters. The van der Waals surface area contributed by atoms with Crippen molar-refractivity contribution in [3.05, 3.63) is 11.8 Å². The first-order valence-electron chi connectivity index (χ1n) is 4.04. The zero-order valence-electron chi connectivity index (χ0n) is 8.93. The molecule has 13 heavy (non-hydrogen) atoms. The molecular weight excluding hydrogens is 190 g/mol. The van der Waals surface area contributed by atoms with E-state index in [9.17, 15) is 4.79 Å². The molecule has 3 nitrogen and oxygen atoms in total. The molecule has 0 fully saturated rings. The quantitative estimate of drug-likeness (QED) is 0.309. The molecule has 0 aliphatic rings. The first kappa shape index (κ1) is 15.0. The minimum absolute atomic E-state index is 0. The monoisotopic (exact) mass is 207 g/mol. The average Bonchev–Trinajstić information content (AvgIpc) is 1.84. The zero-order valence-corrected chi connectivity index (χ0v) is 9.68. The Hall–Kier alpha value is -0.540. The van der Waals surface area contributed by atoms with Crippen LogP contribution in [0.2, 0.25) is 0 Å². The van der Waals surface area contributed by atoms with Gasteiger partial charge in [0.2, 0.25) is 0 Å². The summed E-state index contributed by atoms with van der Waals surface area (Å²) in [6.45, 7) is 4.00. The van der Waals surface area contributed by atoms with Crippen molar-refractivity contribution in [2.45, 2.75) is 13.8 Å². The summed E-state index contributed by atoms with van der Waals surface area (Å²) in [6, 6.07) is 0. The molecule has 78 valence electrons. The van der Waals surface area contributed by atoms with E-state index in [4.69, 9.17) is 4.74 Å². The Morgan fingerprint density at radius 1 is 1.38 bits per heavy atom. The number of hydrogen-bond acceptors (Lipinski definition) is 2. The fraction of sp³-hybridized carbons (Fsp3) is 0.667. The molecule has 0 amide bonds. The fourth-order valence-electron chi connectivity index (χ4n) is 0.879. The first-order chi connectivity index (χ1) is 5.37. The van der Waals surface area contributed by atoms with E-state index >= 15 is 0 Å². The highest BCUT2D eigenvalue weighted by Gasteiger charge is 2.10. The summed E-state index contributed by atoms with van der Waals surface area (Å²) in [5.41, 5.74) is 0.657. The van der Waals surface area contributed by atoms with Gasteiger partial charge in [-0.2, -0.15) is 0 Å². The lowest BCUT2D eigenvalue weighted by atomic mass is 10.3. The zero-order chi connectivity index (χ0) is 9.78. The van der Waals surface area contributed by atoms with Crippen LogP contribution in [0.5, 0.6) is 0 Å². The molecule has 0 aliphatic carbocycles. The van der Waals surface area contributed by atoms with Crippen molar-refractivity contribution < 1.29 is 26.4 Å². The highest BCUT2D eigenvalue weighted by molar-refractivity contribution is 5.87. The predicted molar refractivity (Wildman–Crippen MR) is 48.4 cm³/mol. The number of carbonyl (C=O) groups is 1. The average molecular weight is 208 g/mol. The molecule has 0 aromatic rings. The number of quaternary nitrogens is 1. The number of rotatable bonds is 3. The van der Waals surface area contributed by atoms with Gasteiger partial charge < -0.3 is 21.6 Å². The molecule has 0 saturated carbocycles. The Bertz CT molecular complexity index is 194. The van der Waals surface area contributed by atoms with Crippen LogP contribution in [0.3, 0.4) is 0 Å². The molecule has 0 rings (SSSR count). The van der Waals surface area contributed by atoms with Crippen LogP contribution in [0, 0.1) is 0 Å². The molecule has 0 aromatic carbocycles. The van der Waals surface area contributed by atoms with E-state index in [1.165, 1.54) is 0 Å². The van der Waals surface area contributed by atoms with Gasteiger partial charge in [0.05, 0.1) is 33.3 Å². The van der Waals surface area contributed by atoms with Gasteiger partial charge in [0, 0.05) is 0 Å². The fourth-order valence-corrected chi connectivity index (χ4v) is 0.879. The first-order valence-corrected chi connectivity index (χ1v) is 4.04.